The van der Waals surface area contributed by atoms with Crippen LogP contribution >= 0.6 is 11.3 Å². The average Bonchev–Trinajstić information content (AvgIpc) is 2.57. The van der Waals surface area contributed by atoms with Gasteiger partial charge >= 0.3 is 0 Å². The number of benzene rings is 1. The SMILES string of the molecule is Cc1nc(C)c(CC(=O)c2ccc(O)cc2O)s1. The van der Waals surface area contributed by atoms with Crippen molar-refractivity contribution < 1.29 is 15.0 Å². The smallest absolute Gasteiger partial charge is 0.171 e. The summed E-state index contributed by atoms with van der Waals surface area (Å²) in [6.45, 7) is 3.76. The Morgan fingerprint density at radius 2 is 2.06 bits per heavy atom. The van der Waals surface area contributed by atoms with E-state index in [0.717, 1.165) is 21.6 Å². The van der Waals surface area contributed by atoms with Crippen LogP contribution in [0.15, 0.2) is 18.2 Å². The molecular weight excluding hydrogens is 250 g/mol. The number of nitrogens with zero attached hydrogens (tertiary/aromatic N) is 1. The van der Waals surface area contributed by atoms with E-state index in [2.05, 4.69) is 4.98 Å². The molecule has 2 aromatic rings. The fourth-order valence-corrected chi connectivity index (χ4v) is 2.67. The van der Waals surface area contributed by atoms with Crippen molar-refractivity contribution in [1.82, 2.24) is 4.98 Å². The van der Waals surface area contributed by atoms with Crippen LogP contribution in [0.3, 0.4) is 0 Å². The third-order valence-corrected chi connectivity index (χ3v) is 3.68. The number of aromatic nitrogens is 1. The number of Topliss-reactive ketones (excluding diaryl/α,β-unsaturated/α-hetero) is 1. The molecule has 0 saturated heterocycles. The van der Waals surface area contributed by atoms with Crippen LogP contribution in [0.4, 0.5) is 0 Å². The first-order valence-electron chi connectivity index (χ1n) is 5.45. The first-order valence-corrected chi connectivity index (χ1v) is 6.27. The molecule has 0 spiro atoms. The number of carbonyl (C=O) groups is 1. The van der Waals surface area contributed by atoms with Gasteiger partial charge in [-0.2, -0.15) is 0 Å². The molecule has 1 aromatic heterocycles. The second kappa shape index (κ2) is 4.78. The molecule has 0 saturated carbocycles. The molecule has 0 atom stereocenters. The predicted octanol–water partition coefficient (Wildman–Crippen LogP) is 2.60. The molecule has 0 aliphatic rings. The Bertz CT molecular complexity index is 604. The van der Waals surface area contributed by atoms with Crippen molar-refractivity contribution in [3.05, 3.63) is 39.3 Å². The normalized spacial score (nSPS) is 10.6. The van der Waals surface area contributed by atoms with Gasteiger partial charge in [-0.1, -0.05) is 0 Å². The maximum absolute atomic E-state index is 12.0. The van der Waals surface area contributed by atoms with Crippen molar-refractivity contribution >= 4 is 17.1 Å². The van der Waals surface area contributed by atoms with Gasteiger partial charge in [0.05, 0.1) is 16.3 Å². The summed E-state index contributed by atoms with van der Waals surface area (Å²) in [6, 6.07) is 3.98. The van der Waals surface area contributed by atoms with Crippen LogP contribution < -0.4 is 0 Å². The molecule has 2 rings (SSSR count). The lowest BCUT2D eigenvalue weighted by Crippen LogP contribution is -2.03. The maximum Gasteiger partial charge on any atom is 0.171 e. The van der Waals surface area contributed by atoms with E-state index in [9.17, 15) is 15.0 Å². The average molecular weight is 263 g/mol. The van der Waals surface area contributed by atoms with Crippen LogP contribution in [0.5, 0.6) is 11.5 Å². The second-order valence-corrected chi connectivity index (χ2v) is 5.33. The van der Waals surface area contributed by atoms with Crippen LogP contribution in [0.2, 0.25) is 0 Å². The Kier molecular flexibility index (Phi) is 3.34. The molecule has 0 unspecified atom stereocenters. The van der Waals surface area contributed by atoms with E-state index in [1.807, 2.05) is 13.8 Å². The van der Waals surface area contributed by atoms with Gasteiger partial charge in [0.15, 0.2) is 5.78 Å². The molecule has 4 nitrogen and oxygen atoms in total. The second-order valence-electron chi connectivity index (χ2n) is 4.04. The van der Waals surface area contributed by atoms with Crippen LogP contribution in [0.25, 0.3) is 0 Å². The lowest BCUT2D eigenvalue weighted by atomic mass is 10.1. The molecule has 0 radical (unpaired) electrons. The van der Waals surface area contributed by atoms with Gasteiger partial charge in [0.1, 0.15) is 11.5 Å². The van der Waals surface area contributed by atoms with E-state index in [4.69, 9.17) is 0 Å². The van der Waals surface area contributed by atoms with E-state index in [-0.39, 0.29) is 29.3 Å². The highest BCUT2D eigenvalue weighted by Gasteiger charge is 2.15. The molecule has 0 amide bonds. The monoisotopic (exact) mass is 263 g/mol. The first kappa shape index (κ1) is 12.6. The van der Waals surface area contributed by atoms with E-state index < -0.39 is 0 Å². The van der Waals surface area contributed by atoms with Crippen molar-refractivity contribution in [2.24, 2.45) is 0 Å². The van der Waals surface area contributed by atoms with Crippen molar-refractivity contribution in [3.63, 3.8) is 0 Å². The molecule has 0 bridgehead atoms. The molecule has 1 heterocycles. The molecule has 0 aliphatic carbocycles. The molecule has 2 N–H and O–H groups in total. The van der Waals surface area contributed by atoms with Crippen LogP contribution in [-0.4, -0.2) is 21.0 Å². The molecule has 1 aromatic carbocycles. The number of hydrogen-bond acceptors (Lipinski definition) is 5. The number of carbonyl (C=O) groups excluding carboxylic acids is 1. The summed E-state index contributed by atoms with van der Waals surface area (Å²) in [4.78, 5) is 17.2. The zero-order valence-electron chi connectivity index (χ0n) is 10.1. The standard InChI is InChI=1S/C13H13NO3S/c1-7-13(18-8(2)14-7)6-12(17)10-4-3-9(15)5-11(10)16/h3-5,15-16H,6H2,1-2H3. The van der Waals surface area contributed by atoms with Gasteiger partial charge in [0.25, 0.3) is 0 Å². The van der Waals surface area contributed by atoms with Crippen LogP contribution in [0, 0.1) is 13.8 Å². The number of phenols is 2. The molecule has 0 fully saturated rings. The maximum atomic E-state index is 12.0. The molecular formula is C13H13NO3S. The van der Waals surface area contributed by atoms with Gasteiger partial charge in [-0.05, 0) is 26.0 Å². The largest absolute Gasteiger partial charge is 0.508 e. The third-order valence-electron chi connectivity index (χ3n) is 2.60. The number of thiazole rings is 1. The van der Waals surface area contributed by atoms with E-state index >= 15 is 0 Å². The van der Waals surface area contributed by atoms with Gasteiger partial charge in [-0.15, -0.1) is 11.3 Å². The number of ketones is 1. The summed E-state index contributed by atoms with van der Waals surface area (Å²) < 4.78 is 0. The zero-order valence-corrected chi connectivity index (χ0v) is 10.9. The van der Waals surface area contributed by atoms with Gasteiger partial charge in [-0.25, -0.2) is 4.98 Å². The Balaban J connectivity index is 2.24. The van der Waals surface area contributed by atoms with Crippen molar-refractivity contribution in [2.45, 2.75) is 20.3 Å². The Morgan fingerprint density at radius 1 is 1.33 bits per heavy atom. The molecule has 18 heavy (non-hydrogen) atoms. The zero-order chi connectivity index (χ0) is 13.3. The van der Waals surface area contributed by atoms with Crippen molar-refractivity contribution in [2.75, 3.05) is 0 Å². The fraction of sp³-hybridized carbons (Fsp3) is 0.231. The number of aromatic hydroxyl groups is 2. The number of aryl methyl sites for hydroxylation is 2. The van der Waals surface area contributed by atoms with Gasteiger partial charge in [-0.3, -0.25) is 4.79 Å². The highest BCUT2D eigenvalue weighted by Crippen LogP contribution is 2.25. The van der Waals surface area contributed by atoms with E-state index in [0.29, 0.717) is 0 Å². The first-order chi connectivity index (χ1) is 8.47. The third kappa shape index (κ3) is 2.51. The van der Waals surface area contributed by atoms with Gasteiger partial charge in [0.2, 0.25) is 0 Å². The Hall–Kier alpha value is -1.88. The summed E-state index contributed by atoms with van der Waals surface area (Å²) in [5, 5.41) is 19.7. The molecule has 5 heteroatoms. The lowest BCUT2D eigenvalue weighted by molar-refractivity contribution is 0.0991. The van der Waals surface area contributed by atoms with E-state index in [1.54, 1.807) is 0 Å². The minimum absolute atomic E-state index is 0.0612. The Labute approximate surface area is 109 Å². The highest BCUT2D eigenvalue weighted by atomic mass is 32.1. The minimum Gasteiger partial charge on any atom is -0.508 e. The predicted molar refractivity (Wildman–Crippen MR) is 69.4 cm³/mol. The highest BCUT2D eigenvalue weighted by molar-refractivity contribution is 7.11. The Morgan fingerprint density at radius 3 is 2.61 bits per heavy atom. The fourth-order valence-electron chi connectivity index (χ4n) is 1.73. The minimum atomic E-state index is -0.195. The van der Waals surface area contributed by atoms with Gasteiger partial charge in [0, 0.05) is 17.4 Å². The summed E-state index contributed by atoms with van der Waals surface area (Å²) >= 11 is 1.48. The number of rotatable bonds is 3. The summed E-state index contributed by atoms with van der Waals surface area (Å²) in [5.41, 5.74) is 1.07. The van der Waals surface area contributed by atoms with Crippen LogP contribution in [-0.2, 0) is 6.42 Å². The summed E-state index contributed by atoms with van der Waals surface area (Å²) in [7, 11) is 0. The van der Waals surface area contributed by atoms with Crippen LogP contribution in [0.1, 0.15) is 25.9 Å². The van der Waals surface area contributed by atoms with Crippen molar-refractivity contribution in [3.8, 4) is 11.5 Å². The number of hydrogen-bond donors (Lipinski definition) is 2. The topological polar surface area (TPSA) is 70.4 Å². The summed E-state index contributed by atoms with van der Waals surface area (Å²) in [5.74, 6) is -0.438. The lowest BCUT2D eigenvalue weighted by Gasteiger charge is -2.03. The van der Waals surface area contributed by atoms with Gasteiger partial charge < -0.3 is 10.2 Å². The van der Waals surface area contributed by atoms with E-state index in [1.165, 1.54) is 23.5 Å². The molecule has 94 valence electrons. The van der Waals surface area contributed by atoms with Crippen molar-refractivity contribution in [1.29, 1.82) is 0 Å². The molecule has 0 aliphatic heterocycles. The summed E-state index contributed by atoms with van der Waals surface area (Å²) in [6.07, 6.45) is 0.218. The quantitative estimate of drug-likeness (QED) is 0.835. The number of phenolic OH excluding ortho intramolecular Hbond substituents is 2.